The molecule has 4 unspecified atom stereocenters. The predicted molar refractivity (Wildman–Crippen MR) is 98.5 cm³/mol. The van der Waals surface area contributed by atoms with E-state index < -0.39 is 29.8 Å². The van der Waals surface area contributed by atoms with Crippen molar-refractivity contribution < 1.29 is 19.4 Å². The van der Waals surface area contributed by atoms with E-state index in [0.29, 0.717) is 0 Å². The van der Waals surface area contributed by atoms with Crippen LogP contribution in [0.15, 0.2) is 60.7 Å². The summed E-state index contributed by atoms with van der Waals surface area (Å²) in [6.07, 6.45) is -2.05. The molecule has 2 aromatic carbocycles. The van der Waals surface area contributed by atoms with Crippen molar-refractivity contribution in [2.45, 2.75) is 43.8 Å². The molecule has 5 heteroatoms. The molecule has 0 spiro atoms. The number of epoxide rings is 1. The van der Waals surface area contributed by atoms with Crippen molar-refractivity contribution >= 4 is 5.97 Å². The van der Waals surface area contributed by atoms with E-state index in [1.54, 1.807) is 20.9 Å². The van der Waals surface area contributed by atoms with Crippen molar-refractivity contribution in [1.82, 2.24) is 5.32 Å². The highest BCUT2D eigenvalue weighted by atomic mass is 16.7. The van der Waals surface area contributed by atoms with Gasteiger partial charge in [-0.25, -0.2) is 4.79 Å². The number of hydrogen-bond donors (Lipinski definition) is 2. The largest absolute Gasteiger partial charge is 0.461 e. The standard InChI is InChI=1S/C21H25NO4/c1-14(2)25-20(24)19-21(26-19,16-12-8-5-9-13-16)18(23)17(22-3)15-10-6-4-7-11-15/h4-14,17-19,22-23H,1-3H3. The van der Waals surface area contributed by atoms with E-state index in [9.17, 15) is 9.90 Å². The summed E-state index contributed by atoms with van der Waals surface area (Å²) in [5, 5.41) is 14.4. The molecular formula is C21H25NO4. The van der Waals surface area contributed by atoms with E-state index in [2.05, 4.69) is 5.32 Å². The molecule has 26 heavy (non-hydrogen) atoms. The maximum absolute atomic E-state index is 12.5. The fourth-order valence-electron chi connectivity index (χ4n) is 3.41. The summed E-state index contributed by atoms with van der Waals surface area (Å²) in [6, 6.07) is 18.6. The van der Waals surface area contributed by atoms with Gasteiger partial charge in [0, 0.05) is 0 Å². The minimum absolute atomic E-state index is 0.244. The van der Waals surface area contributed by atoms with E-state index in [-0.39, 0.29) is 6.10 Å². The van der Waals surface area contributed by atoms with Crippen LogP contribution in [0.2, 0.25) is 0 Å². The summed E-state index contributed by atoms with van der Waals surface area (Å²) in [5.74, 6) is -0.453. The zero-order valence-corrected chi connectivity index (χ0v) is 15.3. The van der Waals surface area contributed by atoms with Crippen LogP contribution in [-0.4, -0.2) is 36.4 Å². The Kier molecular flexibility index (Phi) is 5.41. The van der Waals surface area contributed by atoms with Crippen molar-refractivity contribution in [3.8, 4) is 0 Å². The highest BCUT2D eigenvalue weighted by Gasteiger charge is 2.68. The lowest BCUT2D eigenvalue weighted by Gasteiger charge is -2.28. The van der Waals surface area contributed by atoms with Gasteiger partial charge in [0.15, 0.2) is 11.7 Å². The summed E-state index contributed by atoms with van der Waals surface area (Å²) >= 11 is 0. The first-order chi connectivity index (χ1) is 12.5. The molecule has 2 N–H and O–H groups in total. The monoisotopic (exact) mass is 355 g/mol. The molecule has 0 amide bonds. The molecule has 0 aromatic heterocycles. The predicted octanol–water partition coefficient (Wildman–Crippen LogP) is 2.55. The van der Waals surface area contributed by atoms with Gasteiger partial charge in [-0.15, -0.1) is 0 Å². The summed E-state index contributed by atoms with van der Waals surface area (Å²) in [5.41, 5.74) is 0.551. The highest BCUT2D eigenvalue weighted by molar-refractivity contribution is 5.80. The highest BCUT2D eigenvalue weighted by Crippen LogP contribution is 2.52. The van der Waals surface area contributed by atoms with Crippen LogP contribution in [-0.2, 0) is 19.9 Å². The van der Waals surface area contributed by atoms with Gasteiger partial charge in [0.2, 0.25) is 0 Å². The summed E-state index contributed by atoms with van der Waals surface area (Å²) in [4.78, 5) is 12.5. The van der Waals surface area contributed by atoms with E-state index in [1.165, 1.54) is 0 Å². The first kappa shape index (κ1) is 18.6. The number of aliphatic hydroxyl groups excluding tert-OH is 1. The van der Waals surface area contributed by atoms with Crippen molar-refractivity contribution in [2.24, 2.45) is 0 Å². The molecule has 0 saturated carbocycles. The van der Waals surface area contributed by atoms with Crippen LogP contribution in [0, 0.1) is 0 Å². The second-order valence-corrected chi connectivity index (χ2v) is 6.76. The van der Waals surface area contributed by atoms with Crippen LogP contribution in [0.3, 0.4) is 0 Å². The van der Waals surface area contributed by atoms with Gasteiger partial charge >= 0.3 is 5.97 Å². The topological polar surface area (TPSA) is 71.1 Å². The lowest BCUT2D eigenvalue weighted by Crippen LogP contribution is -2.42. The molecule has 1 fully saturated rings. The third-order valence-corrected chi connectivity index (χ3v) is 4.66. The van der Waals surface area contributed by atoms with E-state index in [4.69, 9.17) is 9.47 Å². The van der Waals surface area contributed by atoms with Crippen LogP contribution in [0.1, 0.15) is 31.0 Å². The number of likely N-dealkylation sites (N-methyl/N-ethyl adjacent to an activating group) is 1. The SMILES string of the molecule is CNC(c1ccccc1)C(O)C1(c2ccccc2)OC1C(=O)OC(C)C. The molecule has 138 valence electrons. The average Bonchev–Trinajstić information content (AvgIpc) is 3.40. The van der Waals surface area contributed by atoms with Gasteiger partial charge in [0.05, 0.1) is 12.1 Å². The molecule has 1 aliphatic rings. The van der Waals surface area contributed by atoms with Gasteiger partial charge in [0.1, 0.15) is 6.10 Å². The second-order valence-electron chi connectivity index (χ2n) is 6.76. The Morgan fingerprint density at radius 3 is 2.23 bits per heavy atom. The smallest absolute Gasteiger partial charge is 0.339 e. The summed E-state index contributed by atoms with van der Waals surface area (Å²) in [7, 11) is 1.78. The number of rotatable bonds is 7. The molecule has 4 atom stereocenters. The summed E-state index contributed by atoms with van der Waals surface area (Å²) < 4.78 is 11.2. The van der Waals surface area contributed by atoms with Gasteiger partial charge in [-0.2, -0.15) is 0 Å². The Balaban J connectivity index is 1.96. The normalized spacial score (nSPS) is 24.1. The molecule has 5 nitrogen and oxygen atoms in total. The molecule has 1 aliphatic heterocycles. The maximum atomic E-state index is 12.5. The zero-order valence-electron chi connectivity index (χ0n) is 15.3. The molecule has 0 aliphatic carbocycles. The van der Waals surface area contributed by atoms with Gasteiger partial charge in [-0.05, 0) is 32.0 Å². The van der Waals surface area contributed by atoms with Crippen molar-refractivity contribution in [2.75, 3.05) is 7.05 Å². The zero-order chi connectivity index (χ0) is 18.7. The Morgan fingerprint density at radius 2 is 1.69 bits per heavy atom. The van der Waals surface area contributed by atoms with E-state index in [1.807, 2.05) is 60.7 Å². The van der Waals surface area contributed by atoms with Crippen molar-refractivity contribution in [1.29, 1.82) is 0 Å². The van der Waals surface area contributed by atoms with Crippen LogP contribution < -0.4 is 5.32 Å². The average molecular weight is 355 g/mol. The Morgan fingerprint density at radius 1 is 1.12 bits per heavy atom. The van der Waals surface area contributed by atoms with Gasteiger partial charge in [0.25, 0.3) is 0 Å². The number of carbonyl (C=O) groups excluding carboxylic acids is 1. The number of aliphatic hydroxyl groups is 1. The third kappa shape index (κ3) is 3.38. The molecule has 1 heterocycles. The number of ether oxygens (including phenoxy) is 2. The van der Waals surface area contributed by atoms with Crippen LogP contribution >= 0.6 is 0 Å². The van der Waals surface area contributed by atoms with Crippen LogP contribution in [0.4, 0.5) is 0 Å². The lowest BCUT2D eigenvalue weighted by molar-refractivity contribution is -0.149. The van der Waals surface area contributed by atoms with Crippen molar-refractivity contribution in [3.05, 3.63) is 71.8 Å². The third-order valence-electron chi connectivity index (χ3n) is 4.66. The van der Waals surface area contributed by atoms with Crippen molar-refractivity contribution in [3.63, 3.8) is 0 Å². The molecule has 2 aromatic rings. The fourth-order valence-corrected chi connectivity index (χ4v) is 3.41. The molecule has 0 bridgehead atoms. The molecule has 0 radical (unpaired) electrons. The van der Waals surface area contributed by atoms with E-state index in [0.717, 1.165) is 11.1 Å². The Hall–Kier alpha value is -2.21. The minimum Gasteiger partial charge on any atom is -0.461 e. The number of esters is 1. The first-order valence-electron chi connectivity index (χ1n) is 8.84. The molecule has 3 rings (SSSR count). The number of benzene rings is 2. The van der Waals surface area contributed by atoms with Crippen LogP contribution in [0.5, 0.6) is 0 Å². The quantitative estimate of drug-likeness (QED) is 0.590. The molecule has 1 saturated heterocycles. The Labute approximate surface area is 153 Å². The summed E-state index contributed by atoms with van der Waals surface area (Å²) in [6.45, 7) is 3.59. The second kappa shape index (κ2) is 7.58. The molecular weight excluding hydrogens is 330 g/mol. The van der Waals surface area contributed by atoms with Gasteiger partial charge < -0.3 is 19.9 Å². The number of nitrogens with one attached hydrogen (secondary N) is 1. The van der Waals surface area contributed by atoms with E-state index >= 15 is 0 Å². The minimum atomic E-state index is -1.13. The first-order valence-corrected chi connectivity index (χ1v) is 8.84. The fraction of sp³-hybridized carbons (Fsp3) is 0.381. The number of hydrogen-bond acceptors (Lipinski definition) is 5. The van der Waals surface area contributed by atoms with Gasteiger partial charge in [-0.3, -0.25) is 0 Å². The lowest BCUT2D eigenvalue weighted by atomic mass is 9.83. The number of carbonyl (C=O) groups is 1. The maximum Gasteiger partial charge on any atom is 0.339 e. The Bertz CT molecular complexity index is 734. The van der Waals surface area contributed by atoms with Gasteiger partial charge in [-0.1, -0.05) is 60.7 Å². The van der Waals surface area contributed by atoms with Crippen LogP contribution in [0.25, 0.3) is 0 Å².